The fourth-order valence-electron chi connectivity index (χ4n) is 2.54. The van der Waals surface area contributed by atoms with Crippen molar-refractivity contribution < 1.29 is 18.3 Å². The van der Waals surface area contributed by atoms with E-state index in [0.717, 1.165) is 24.7 Å². The zero-order valence-corrected chi connectivity index (χ0v) is 14.0. The summed E-state index contributed by atoms with van der Waals surface area (Å²) < 4.78 is 43.1. The summed E-state index contributed by atoms with van der Waals surface area (Å²) in [6.07, 6.45) is 4.26. The lowest BCUT2D eigenvalue weighted by atomic mass is 9.77. The van der Waals surface area contributed by atoms with E-state index in [1.54, 1.807) is 0 Å². The topological polar surface area (TPSA) is 89.3 Å². The second-order valence-corrected chi connectivity index (χ2v) is 5.66. The standard InChI is InChI=1S/C17H18F3N5O/c1-11(16(20)6-22-8-21)12(2)17(26,7-25-10-23-9-24-25)14-4-3-13(18)5-15(14)19/h3-6,8-10,12,26H,1,7H2,2H3,(H2,21,22)/b16-6+. The number of nitrogens with zero attached hydrogens (tertiary/aromatic N) is 4. The smallest absolute Gasteiger partial charge is 0.144 e. The summed E-state index contributed by atoms with van der Waals surface area (Å²) in [4.78, 5) is 7.22. The molecule has 2 rings (SSSR count). The van der Waals surface area contributed by atoms with Gasteiger partial charge in [0.25, 0.3) is 0 Å². The zero-order chi connectivity index (χ0) is 19.3. The van der Waals surface area contributed by atoms with Crippen molar-refractivity contribution in [3.05, 3.63) is 72.2 Å². The normalized spacial score (nSPS) is 15.8. The number of nitrogens with two attached hydrogens (primary N) is 1. The van der Waals surface area contributed by atoms with Crippen molar-refractivity contribution in [3.63, 3.8) is 0 Å². The monoisotopic (exact) mass is 365 g/mol. The van der Waals surface area contributed by atoms with Crippen molar-refractivity contribution in [1.29, 1.82) is 0 Å². The summed E-state index contributed by atoms with van der Waals surface area (Å²) in [7, 11) is 0. The van der Waals surface area contributed by atoms with Gasteiger partial charge < -0.3 is 10.8 Å². The van der Waals surface area contributed by atoms with Gasteiger partial charge >= 0.3 is 0 Å². The molecule has 1 aromatic carbocycles. The number of rotatable bonds is 7. The van der Waals surface area contributed by atoms with E-state index in [2.05, 4.69) is 21.7 Å². The third-order valence-corrected chi connectivity index (χ3v) is 4.09. The summed E-state index contributed by atoms with van der Waals surface area (Å²) in [6, 6.07) is 2.75. The molecule has 0 aliphatic rings. The molecular formula is C17H18F3N5O. The van der Waals surface area contributed by atoms with Crippen LogP contribution in [0.15, 0.2) is 60.0 Å². The highest BCUT2D eigenvalue weighted by Gasteiger charge is 2.41. The van der Waals surface area contributed by atoms with Gasteiger partial charge in [-0.1, -0.05) is 19.6 Å². The first kappa shape index (κ1) is 19.4. The number of aromatic nitrogens is 3. The molecule has 9 heteroatoms. The van der Waals surface area contributed by atoms with Gasteiger partial charge in [-0.15, -0.1) is 0 Å². The summed E-state index contributed by atoms with van der Waals surface area (Å²) in [5.74, 6) is -3.63. The van der Waals surface area contributed by atoms with Crippen LogP contribution in [-0.4, -0.2) is 26.2 Å². The van der Waals surface area contributed by atoms with E-state index in [1.165, 1.54) is 24.3 Å². The van der Waals surface area contributed by atoms with Crippen LogP contribution >= 0.6 is 0 Å². The van der Waals surface area contributed by atoms with Crippen molar-refractivity contribution in [2.45, 2.75) is 19.1 Å². The van der Waals surface area contributed by atoms with Crippen LogP contribution in [0.1, 0.15) is 12.5 Å². The third kappa shape index (κ3) is 3.99. The number of hydrogen-bond donors (Lipinski definition) is 2. The first-order valence-electron chi connectivity index (χ1n) is 7.58. The quantitative estimate of drug-likeness (QED) is 0.448. The number of allylic oxidation sites excluding steroid dienone is 1. The number of halogens is 3. The maximum atomic E-state index is 14.4. The molecule has 0 aliphatic carbocycles. The molecule has 0 aliphatic heterocycles. The summed E-state index contributed by atoms with van der Waals surface area (Å²) in [6.45, 7) is 4.81. The first-order chi connectivity index (χ1) is 12.3. The molecule has 2 unspecified atom stereocenters. The zero-order valence-electron chi connectivity index (χ0n) is 14.0. The molecule has 3 N–H and O–H groups in total. The Morgan fingerprint density at radius 2 is 2.23 bits per heavy atom. The van der Waals surface area contributed by atoms with Gasteiger partial charge in [-0.3, -0.25) is 0 Å². The number of hydrogen-bond acceptors (Lipinski definition) is 4. The van der Waals surface area contributed by atoms with E-state index in [9.17, 15) is 18.3 Å². The van der Waals surface area contributed by atoms with Crippen molar-refractivity contribution in [3.8, 4) is 0 Å². The highest BCUT2D eigenvalue weighted by molar-refractivity contribution is 5.52. The Balaban J connectivity index is 2.51. The van der Waals surface area contributed by atoms with Gasteiger partial charge in [-0.25, -0.2) is 27.8 Å². The van der Waals surface area contributed by atoms with Gasteiger partial charge in [-0.05, 0) is 11.6 Å². The average Bonchev–Trinajstić information content (AvgIpc) is 3.10. The Morgan fingerprint density at radius 1 is 1.50 bits per heavy atom. The van der Waals surface area contributed by atoms with E-state index >= 15 is 0 Å². The van der Waals surface area contributed by atoms with Crippen LogP contribution in [0.5, 0.6) is 0 Å². The first-order valence-corrected chi connectivity index (χ1v) is 7.58. The lowest BCUT2D eigenvalue weighted by Gasteiger charge is -2.35. The van der Waals surface area contributed by atoms with Crippen LogP contribution in [0.3, 0.4) is 0 Å². The maximum Gasteiger partial charge on any atom is 0.144 e. The molecule has 0 saturated heterocycles. The van der Waals surface area contributed by atoms with Crippen molar-refractivity contribution in [1.82, 2.24) is 14.8 Å². The fraction of sp³-hybridized carbons (Fsp3) is 0.235. The van der Waals surface area contributed by atoms with Crippen LogP contribution < -0.4 is 5.73 Å². The minimum Gasteiger partial charge on any atom is -0.390 e. The molecule has 2 aromatic rings. The van der Waals surface area contributed by atoms with Crippen molar-refractivity contribution in [2.24, 2.45) is 16.6 Å². The maximum absolute atomic E-state index is 14.4. The van der Waals surface area contributed by atoms with Gasteiger partial charge in [0.05, 0.1) is 19.1 Å². The van der Waals surface area contributed by atoms with E-state index in [0.29, 0.717) is 6.07 Å². The fourth-order valence-corrected chi connectivity index (χ4v) is 2.54. The minimum absolute atomic E-state index is 0.137. The van der Waals surface area contributed by atoms with Gasteiger partial charge in [0.2, 0.25) is 0 Å². The Bertz CT molecular complexity index is 835. The lowest BCUT2D eigenvalue weighted by Crippen LogP contribution is -2.40. The van der Waals surface area contributed by atoms with Gasteiger partial charge in [0.15, 0.2) is 0 Å². The predicted molar refractivity (Wildman–Crippen MR) is 90.5 cm³/mol. The summed E-state index contributed by atoms with van der Waals surface area (Å²) in [5.41, 5.74) is 2.72. The Hall–Kier alpha value is -2.94. The van der Waals surface area contributed by atoms with Crippen LogP contribution in [0.25, 0.3) is 0 Å². The van der Waals surface area contributed by atoms with Crippen LogP contribution in [-0.2, 0) is 12.1 Å². The molecule has 0 fully saturated rings. The summed E-state index contributed by atoms with van der Waals surface area (Å²) >= 11 is 0. The predicted octanol–water partition coefficient (Wildman–Crippen LogP) is 2.43. The molecule has 1 heterocycles. The number of aliphatic imine (C=N–C) groups is 1. The molecule has 0 amide bonds. The van der Waals surface area contributed by atoms with Crippen LogP contribution in [0, 0.1) is 17.6 Å². The molecule has 0 bridgehead atoms. The molecule has 138 valence electrons. The van der Waals surface area contributed by atoms with Gasteiger partial charge in [0, 0.05) is 17.5 Å². The third-order valence-electron chi connectivity index (χ3n) is 4.09. The second kappa shape index (κ2) is 7.96. The van der Waals surface area contributed by atoms with E-state index in [4.69, 9.17) is 5.73 Å². The highest BCUT2D eigenvalue weighted by Crippen LogP contribution is 2.39. The van der Waals surface area contributed by atoms with E-state index in [-0.39, 0.29) is 17.7 Å². The molecule has 0 radical (unpaired) electrons. The van der Waals surface area contributed by atoms with Crippen LogP contribution in [0.4, 0.5) is 13.2 Å². The molecule has 2 atom stereocenters. The average molecular weight is 365 g/mol. The van der Waals surface area contributed by atoms with Crippen molar-refractivity contribution >= 4 is 6.34 Å². The Labute approximate surface area is 148 Å². The molecule has 26 heavy (non-hydrogen) atoms. The highest BCUT2D eigenvalue weighted by atomic mass is 19.1. The van der Waals surface area contributed by atoms with Crippen molar-refractivity contribution in [2.75, 3.05) is 0 Å². The molecule has 1 aromatic heterocycles. The number of aliphatic hydroxyl groups is 1. The summed E-state index contributed by atoms with van der Waals surface area (Å²) in [5, 5.41) is 15.2. The SMILES string of the molecule is C=C(/C(F)=C\N=CN)C(C)C(O)(Cn1cncn1)c1ccc(F)cc1F. The number of benzene rings is 1. The van der Waals surface area contributed by atoms with E-state index < -0.39 is 29.0 Å². The van der Waals surface area contributed by atoms with E-state index in [1.807, 2.05) is 0 Å². The molecular weight excluding hydrogens is 347 g/mol. The molecule has 0 saturated carbocycles. The van der Waals surface area contributed by atoms with Gasteiger partial charge in [0.1, 0.15) is 35.7 Å². The molecule has 6 nitrogen and oxygen atoms in total. The molecule has 0 spiro atoms. The lowest BCUT2D eigenvalue weighted by molar-refractivity contribution is -0.0261. The Kier molecular flexibility index (Phi) is 5.93. The largest absolute Gasteiger partial charge is 0.390 e. The second-order valence-electron chi connectivity index (χ2n) is 5.66. The van der Waals surface area contributed by atoms with Gasteiger partial charge in [-0.2, -0.15) is 5.10 Å². The van der Waals surface area contributed by atoms with Crippen LogP contribution in [0.2, 0.25) is 0 Å². The minimum atomic E-state index is -1.99. The Morgan fingerprint density at radius 3 is 2.81 bits per heavy atom.